The van der Waals surface area contributed by atoms with Crippen molar-refractivity contribution >= 4 is 11.5 Å². The molecule has 0 N–H and O–H groups in total. The SMILES string of the molecule is CCCCCCC1CC=C(c2ccc(OC(=O)CCC)cc2)CC1. The Morgan fingerprint density at radius 1 is 1.08 bits per heavy atom. The van der Waals surface area contributed by atoms with E-state index in [-0.39, 0.29) is 5.97 Å². The van der Waals surface area contributed by atoms with E-state index in [9.17, 15) is 4.79 Å². The summed E-state index contributed by atoms with van der Waals surface area (Å²) in [6.07, 6.45) is 14.3. The molecule has 0 radical (unpaired) electrons. The molecule has 132 valence electrons. The van der Waals surface area contributed by atoms with Crippen LogP contribution in [0.5, 0.6) is 5.75 Å². The first-order chi connectivity index (χ1) is 11.7. The van der Waals surface area contributed by atoms with E-state index in [1.807, 2.05) is 19.1 Å². The lowest BCUT2D eigenvalue weighted by Crippen LogP contribution is -2.07. The fourth-order valence-electron chi connectivity index (χ4n) is 3.40. The minimum atomic E-state index is -0.145. The monoisotopic (exact) mass is 328 g/mol. The molecule has 2 rings (SSSR count). The summed E-state index contributed by atoms with van der Waals surface area (Å²) in [5.41, 5.74) is 2.72. The van der Waals surface area contributed by atoms with Gasteiger partial charge in [-0.2, -0.15) is 0 Å². The second-order valence-electron chi connectivity index (χ2n) is 6.97. The number of benzene rings is 1. The van der Waals surface area contributed by atoms with Crippen LogP contribution in [-0.4, -0.2) is 5.97 Å². The van der Waals surface area contributed by atoms with Crippen LogP contribution in [-0.2, 0) is 4.79 Å². The topological polar surface area (TPSA) is 26.3 Å². The van der Waals surface area contributed by atoms with Crippen LogP contribution >= 0.6 is 0 Å². The average Bonchev–Trinajstić information content (AvgIpc) is 2.60. The van der Waals surface area contributed by atoms with Crippen LogP contribution in [0.15, 0.2) is 30.3 Å². The Kier molecular flexibility index (Phi) is 8.07. The highest BCUT2D eigenvalue weighted by Gasteiger charge is 2.15. The predicted molar refractivity (Wildman–Crippen MR) is 101 cm³/mol. The summed E-state index contributed by atoms with van der Waals surface area (Å²) in [5.74, 6) is 1.38. The van der Waals surface area contributed by atoms with Crippen molar-refractivity contribution in [3.05, 3.63) is 35.9 Å². The van der Waals surface area contributed by atoms with Crippen LogP contribution in [0.2, 0.25) is 0 Å². The molecule has 2 nitrogen and oxygen atoms in total. The lowest BCUT2D eigenvalue weighted by molar-refractivity contribution is -0.134. The molecular formula is C22H32O2. The van der Waals surface area contributed by atoms with Crippen molar-refractivity contribution in [3.63, 3.8) is 0 Å². The normalized spacial score (nSPS) is 17.4. The van der Waals surface area contributed by atoms with Gasteiger partial charge >= 0.3 is 5.97 Å². The lowest BCUT2D eigenvalue weighted by Gasteiger charge is -2.22. The van der Waals surface area contributed by atoms with Gasteiger partial charge in [-0.1, -0.05) is 64.2 Å². The van der Waals surface area contributed by atoms with E-state index in [2.05, 4.69) is 25.1 Å². The van der Waals surface area contributed by atoms with E-state index < -0.39 is 0 Å². The van der Waals surface area contributed by atoms with E-state index in [0.717, 1.165) is 12.3 Å². The quantitative estimate of drug-likeness (QED) is 0.292. The Morgan fingerprint density at radius 2 is 1.88 bits per heavy atom. The molecule has 24 heavy (non-hydrogen) atoms. The molecule has 0 aliphatic heterocycles. The van der Waals surface area contributed by atoms with Crippen molar-refractivity contribution in [1.82, 2.24) is 0 Å². The molecule has 2 heteroatoms. The van der Waals surface area contributed by atoms with E-state index >= 15 is 0 Å². The first-order valence-corrected chi connectivity index (χ1v) is 9.73. The Balaban J connectivity index is 1.82. The number of hydrogen-bond donors (Lipinski definition) is 0. The summed E-state index contributed by atoms with van der Waals surface area (Å²) in [5, 5.41) is 0. The van der Waals surface area contributed by atoms with Crippen LogP contribution in [0.3, 0.4) is 0 Å². The Hall–Kier alpha value is -1.57. The summed E-state index contributed by atoms with van der Waals surface area (Å²) in [6.45, 7) is 4.25. The third-order valence-corrected chi connectivity index (χ3v) is 4.90. The number of ether oxygens (including phenoxy) is 1. The lowest BCUT2D eigenvalue weighted by atomic mass is 9.84. The van der Waals surface area contributed by atoms with Gasteiger partial charge in [0.05, 0.1) is 0 Å². The van der Waals surface area contributed by atoms with Crippen LogP contribution < -0.4 is 4.74 Å². The van der Waals surface area contributed by atoms with Gasteiger partial charge in [0.1, 0.15) is 5.75 Å². The van der Waals surface area contributed by atoms with Gasteiger partial charge in [-0.05, 0) is 54.9 Å². The Morgan fingerprint density at radius 3 is 2.50 bits per heavy atom. The number of hydrogen-bond acceptors (Lipinski definition) is 2. The van der Waals surface area contributed by atoms with Crippen molar-refractivity contribution in [2.75, 3.05) is 0 Å². The zero-order valence-corrected chi connectivity index (χ0v) is 15.4. The number of carbonyl (C=O) groups is 1. The molecule has 1 unspecified atom stereocenters. The average molecular weight is 328 g/mol. The standard InChI is InChI=1S/C22H32O2/c1-3-5-6-7-9-18-10-12-19(13-11-18)20-14-16-21(17-15-20)24-22(23)8-4-2/h12,14-18H,3-11,13H2,1-2H3. The van der Waals surface area contributed by atoms with Gasteiger partial charge in [0, 0.05) is 6.42 Å². The minimum absolute atomic E-state index is 0.145. The molecule has 1 atom stereocenters. The maximum atomic E-state index is 11.5. The highest BCUT2D eigenvalue weighted by Crippen LogP contribution is 2.33. The van der Waals surface area contributed by atoms with Gasteiger partial charge in [0.25, 0.3) is 0 Å². The Bertz CT molecular complexity index is 527. The summed E-state index contributed by atoms with van der Waals surface area (Å²) in [7, 11) is 0. The molecule has 0 bridgehead atoms. The molecule has 0 amide bonds. The van der Waals surface area contributed by atoms with Crippen LogP contribution in [0.25, 0.3) is 5.57 Å². The molecule has 1 aromatic carbocycles. The number of carbonyl (C=O) groups excluding carboxylic acids is 1. The van der Waals surface area contributed by atoms with Crippen molar-refractivity contribution in [2.24, 2.45) is 5.92 Å². The van der Waals surface area contributed by atoms with Crippen LogP contribution in [0, 0.1) is 5.92 Å². The summed E-state index contributed by atoms with van der Waals surface area (Å²) >= 11 is 0. The molecule has 0 spiro atoms. The minimum Gasteiger partial charge on any atom is -0.427 e. The largest absolute Gasteiger partial charge is 0.427 e. The number of rotatable bonds is 9. The van der Waals surface area contributed by atoms with Gasteiger partial charge in [-0.15, -0.1) is 0 Å². The molecule has 0 aromatic heterocycles. The number of esters is 1. The zero-order chi connectivity index (χ0) is 17.2. The van der Waals surface area contributed by atoms with Gasteiger partial charge < -0.3 is 4.74 Å². The Labute approximate surface area is 147 Å². The zero-order valence-electron chi connectivity index (χ0n) is 15.4. The number of allylic oxidation sites excluding steroid dienone is 2. The fourth-order valence-corrected chi connectivity index (χ4v) is 3.40. The highest BCUT2D eigenvalue weighted by atomic mass is 16.5. The van der Waals surface area contributed by atoms with E-state index in [1.165, 1.54) is 62.5 Å². The summed E-state index contributed by atoms with van der Waals surface area (Å²) < 4.78 is 5.32. The second-order valence-corrected chi connectivity index (χ2v) is 6.97. The molecule has 0 heterocycles. The maximum absolute atomic E-state index is 11.5. The van der Waals surface area contributed by atoms with Crippen LogP contribution in [0.4, 0.5) is 0 Å². The molecule has 0 fully saturated rings. The second kappa shape index (κ2) is 10.3. The molecule has 1 aliphatic carbocycles. The first kappa shape index (κ1) is 18.8. The molecule has 1 aromatic rings. The highest BCUT2D eigenvalue weighted by molar-refractivity contribution is 5.73. The van der Waals surface area contributed by atoms with Crippen molar-refractivity contribution in [2.45, 2.75) is 78.1 Å². The summed E-state index contributed by atoms with van der Waals surface area (Å²) in [4.78, 5) is 11.5. The fraction of sp³-hybridized carbons (Fsp3) is 0.591. The van der Waals surface area contributed by atoms with E-state index in [1.54, 1.807) is 0 Å². The predicted octanol–water partition coefficient (Wildman–Crippen LogP) is 6.55. The smallest absolute Gasteiger partial charge is 0.311 e. The van der Waals surface area contributed by atoms with Crippen LogP contribution in [0.1, 0.15) is 83.6 Å². The van der Waals surface area contributed by atoms with Crippen molar-refractivity contribution in [3.8, 4) is 5.75 Å². The first-order valence-electron chi connectivity index (χ1n) is 9.73. The van der Waals surface area contributed by atoms with Crippen molar-refractivity contribution in [1.29, 1.82) is 0 Å². The molecule has 0 saturated heterocycles. The van der Waals surface area contributed by atoms with Crippen molar-refractivity contribution < 1.29 is 9.53 Å². The molecular weight excluding hydrogens is 296 g/mol. The third-order valence-electron chi connectivity index (χ3n) is 4.90. The van der Waals surface area contributed by atoms with E-state index in [4.69, 9.17) is 4.74 Å². The number of unbranched alkanes of at least 4 members (excludes halogenated alkanes) is 3. The van der Waals surface area contributed by atoms with E-state index in [0.29, 0.717) is 12.2 Å². The molecule has 0 saturated carbocycles. The van der Waals surface area contributed by atoms with Gasteiger partial charge in [0.2, 0.25) is 0 Å². The third kappa shape index (κ3) is 6.14. The van der Waals surface area contributed by atoms with Gasteiger partial charge in [-0.3, -0.25) is 4.79 Å². The van der Waals surface area contributed by atoms with Gasteiger partial charge in [0.15, 0.2) is 0 Å². The van der Waals surface area contributed by atoms with Gasteiger partial charge in [-0.25, -0.2) is 0 Å². The maximum Gasteiger partial charge on any atom is 0.311 e. The summed E-state index contributed by atoms with van der Waals surface area (Å²) in [6, 6.07) is 8.01. The molecule has 1 aliphatic rings.